The van der Waals surface area contributed by atoms with Gasteiger partial charge in [-0.2, -0.15) is 0 Å². The van der Waals surface area contributed by atoms with Crippen LogP contribution in [0.5, 0.6) is 5.75 Å². The van der Waals surface area contributed by atoms with E-state index in [2.05, 4.69) is 5.32 Å². The van der Waals surface area contributed by atoms with Gasteiger partial charge in [0, 0.05) is 25.2 Å². The number of morpholine rings is 1. The van der Waals surface area contributed by atoms with Gasteiger partial charge >= 0.3 is 0 Å². The van der Waals surface area contributed by atoms with E-state index >= 15 is 0 Å². The lowest BCUT2D eigenvalue weighted by Crippen LogP contribution is -2.38. The van der Waals surface area contributed by atoms with E-state index in [1.807, 2.05) is 36.1 Å². The Kier molecular flexibility index (Phi) is 6.44. The first-order chi connectivity index (χ1) is 13.5. The molecule has 3 rings (SSSR count). The van der Waals surface area contributed by atoms with Gasteiger partial charge in [-0.05, 0) is 30.7 Å². The van der Waals surface area contributed by atoms with Gasteiger partial charge in [0.05, 0.1) is 35.9 Å². The fourth-order valence-electron chi connectivity index (χ4n) is 3.03. The number of ether oxygens (including phenoxy) is 2. The molecular weight excluding hydrogens is 362 g/mol. The van der Waals surface area contributed by atoms with Gasteiger partial charge in [0.1, 0.15) is 12.4 Å². The molecule has 0 atom stereocenters. The second-order valence-electron chi connectivity index (χ2n) is 6.48. The van der Waals surface area contributed by atoms with Gasteiger partial charge in [0.15, 0.2) is 0 Å². The number of nitro benzene ring substituents is 1. The lowest BCUT2D eigenvalue weighted by atomic mass is 10.1. The Morgan fingerprint density at radius 1 is 1.25 bits per heavy atom. The highest BCUT2D eigenvalue weighted by atomic mass is 16.6. The fraction of sp³-hybridized carbons (Fsp3) is 0.350. The van der Waals surface area contributed by atoms with Crippen LogP contribution in [0.1, 0.15) is 15.9 Å². The molecule has 2 aromatic rings. The van der Waals surface area contributed by atoms with Crippen LogP contribution in [0.4, 0.5) is 11.4 Å². The van der Waals surface area contributed by atoms with Crippen molar-refractivity contribution in [2.45, 2.75) is 6.92 Å². The molecule has 0 aromatic heterocycles. The molecule has 2 aromatic carbocycles. The number of carbonyl (C=O) groups excluding carboxylic acids is 1. The van der Waals surface area contributed by atoms with Crippen LogP contribution in [0.25, 0.3) is 0 Å². The molecule has 1 heterocycles. The minimum atomic E-state index is -0.499. The summed E-state index contributed by atoms with van der Waals surface area (Å²) in [7, 11) is 0. The fourth-order valence-corrected chi connectivity index (χ4v) is 3.03. The van der Waals surface area contributed by atoms with Gasteiger partial charge in [-0.25, -0.2) is 0 Å². The molecule has 28 heavy (non-hydrogen) atoms. The lowest BCUT2D eigenvalue weighted by Gasteiger charge is -2.30. The number of non-ortho nitro benzene ring substituents is 1. The number of aryl methyl sites for hydroxylation is 1. The molecule has 8 nitrogen and oxygen atoms in total. The Morgan fingerprint density at radius 3 is 2.75 bits per heavy atom. The van der Waals surface area contributed by atoms with Crippen molar-refractivity contribution in [2.24, 2.45) is 0 Å². The second-order valence-corrected chi connectivity index (χ2v) is 6.48. The maximum absolute atomic E-state index is 12.7. The van der Waals surface area contributed by atoms with E-state index in [0.29, 0.717) is 38.6 Å². The Balaban J connectivity index is 1.66. The molecule has 1 aliphatic heterocycles. The summed E-state index contributed by atoms with van der Waals surface area (Å²) in [5, 5.41) is 13.9. The first-order valence-corrected chi connectivity index (χ1v) is 9.13. The van der Waals surface area contributed by atoms with Crippen molar-refractivity contribution in [1.29, 1.82) is 0 Å². The van der Waals surface area contributed by atoms with Crippen molar-refractivity contribution < 1.29 is 19.2 Å². The first kappa shape index (κ1) is 19.6. The van der Waals surface area contributed by atoms with E-state index in [1.54, 1.807) is 6.07 Å². The van der Waals surface area contributed by atoms with Crippen molar-refractivity contribution in [2.75, 3.05) is 44.4 Å². The molecule has 1 saturated heterocycles. The van der Waals surface area contributed by atoms with Crippen molar-refractivity contribution in [3.63, 3.8) is 0 Å². The number of hydrogen-bond acceptors (Lipinski definition) is 6. The van der Waals surface area contributed by atoms with Gasteiger partial charge in [-0.1, -0.05) is 12.1 Å². The normalized spacial score (nSPS) is 13.8. The Labute approximate surface area is 163 Å². The lowest BCUT2D eigenvalue weighted by molar-refractivity contribution is -0.384. The standard InChI is InChI=1S/C20H23N3O5/c1-15-3-2-4-17(13-15)28-10-7-21-20(24)18-14-16(23(25)26)5-6-19(18)22-8-11-27-12-9-22/h2-6,13-14H,7-12H2,1H3,(H,21,24). The third kappa shape index (κ3) is 4.98. The van der Waals surface area contributed by atoms with E-state index in [9.17, 15) is 14.9 Å². The average molecular weight is 385 g/mol. The molecule has 148 valence electrons. The maximum Gasteiger partial charge on any atom is 0.270 e. The second kappa shape index (κ2) is 9.18. The van der Waals surface area contributed by atoms with Gasteiger partial charge in [0.2, 0.25) is 0 Å². The number of nitrogens with one attached hydrogen (secondary N) is 1. The topological polar surface area (TPSA) is 93.9 Å². The molecule has 8 heteroatoms. The van der Waals surface area contributed by atoms with Crippen LogP contribution >= 0.6 is 0 Å². The summed E-state index contributed by atoms with van der Waals surface area (Å²) < 4.78 is 11.0. The summed E-state index contributed by atoms with van der Waals surface area (Å²) >= 11 is 0. The van der Waals surface area contributed by atoms with Crippen molar-refractivity contribution >= 4 is 17.3 Å². The van der Waals surface area contributed by atoms with Crippen molar-refractivity contribution in [3.05, 3.63) is 63.7 Å². The highest BCUT2D eigenvalue weighted by Crippen LogP contribution is 2.26. The minimum absolute atomic E-state index is 0.113. The monoisotopic (exact) mass is 385 g/mol. The molecule has 1 N–H and O–H groups in total. The number of nitrogens with zero attached hydrogens (tertiary/aromatic N) is 2. The summed E-state index contributed by atoms with van der Waals surface area (Å²) in [6, 6.07) is 12.0. The quantitative estimate of drug-likeness (QED) is 0.447. The Hall–Kier alpha value is -3.13. The number of carbonyl (C=O) groups is 1. The highest BCUT2D eigenvalue weighted by molar-refractivity contribution is 6.00. The zero-order chi connectivity index (χ0) is 19.9. The molecular formula is C20H23N3O5. The van der Waals surface area contributed by atoms with E-state index in [-0.39, 0.29) is 23.7 Å². The smallest absolute Gasteiger partial charge is 0.270 e. The van der Waals surface area contributed by atoms with Crippen molar-refractivity contribution in [1.82, 2.24) is 5.32 Å². The Morgan fingerprint density at radius 2 is 2.04 bits per heavy atom. The van der Waals surface area contributed by atoms with E-state index < -0.39 is 4.92 Å². The largest absolute Gasteiger partial charge is 0.492 e. The molecule has 0 spiro atoms. The Bertz CT molecular complexity index is 849. The van der Waals surface area contributed by atoms with Gasteiger partial charge < -0.3 is 19.7 Å². The molecule has 0 saturated carbocycles. The van der Waals surface area contributed by atoms with Crippen LogP contribution in [0.2, 0.25) is 0 Å². The molecule has 0 unspecified atom stereocenters. The van der Waals surface area contributed by atoms with Gasteiger partial charge in [-0.15, -0.1) is 0 Å². The summed E-state index contributed by atoms with van der Waals surface area (Å²) in [5.74, 6) is 0.372. The van der Waals surface area contributed by atoms with E-state index in [1.165, 1.54) is 12.1 Å². The molecule has 1 amide bonds. The summed E-state index contributed by atoms with van der Waals surface area (Å²) in [4.78, 5) is 25.3. The summed E-state index contributed by atoms with van der Waals surface area (Å²) in [6.45, 7) is 4.95. The number of amides is 1. The van der Waals surface area contributed by atoms with Crippen LogP contribution in [0.3, 0.4) is 0 Å². The first-order valence-electron chi connectivity index (χ1n) is 9.13. The van der Waals surface area contributed by atoms with Gasteiger partial charge in [-0.3, -0.25) is 14.9 Å². The molecule has 0 radical (unpaired) electrons. The molecule has 1 aliphatic rings. The third-order valence-corrected chi connectivity index (χ3v) is 4.43. The number of anilines is 1. The van der Waals surface area contributed by atoms with Gasteiger partial charge in [0.25, 0.3) is 11.6 Å². The summed E-state index contributed by atoms with van der Waals surface area (Å²) in [5.41, 5.74) is 1.93. The average Bonchev–Trinajstić information content (AvgIpc) is 2.71. The highest BCUT2D eigenvalue weighted by Gasteiger charge is 2.21. The van der Waals surface area contributed by atoms with Crippen LogP contribution in [0.15, 0.2) is 42.5 Å². The number of rotatable bonds is 7. The number of benzene rings is 2. The van der Waals surface area contributed by atoms with Crippen LogP contribution in [0, 0.1) is 17.0 Å². The van der Waals surface area contributed by atoms with Crippen LogP contribution < -0.4 is 15.0 Å². The predicted molar refractivity (Wildman–Crippen MR) is 105 cm³/mol. The molecule has 1 fully saturated rings. The number of hydrogen-bond donors (Lipinski definition) is 1. The maximum atomic E-state index is 12.7. The van der Waals surface area contributed by atoms with Crippen LogP contribution in [-0.2, 0) is 4.74 Å². The molecule has 0 bridgehead atoms. The van der Waals surface area contributed by atoms with Crippen LogP contribution in [-0.4, -0.2) is 50.3 Å². The number of nitro groups is 1. The summed E-state index contributed by atoms with van der Waals surface area (Å²) in [6.07, 6.45) is 0. The van der Waals surface area contributed by atoms with E-state index in [0.717, 1.165) is 11.3 Å². The van der Waals surface area contributed by atoms with E-state index in [4.69, 9.17) is 9.47 Å². The zero-order valence-electron chi connectivity index (χ0n) is 15.7. The SMILES string of the molecule is Cc1cccc(OCCNC(=O)c2cc([N+](=O)[O-])ccc2N2CCOCC2)c1. The zero-order valence-corrected chi connectivity index (χ0v) is 15.7. The third-order valence-electron chi connectivity index (χ3n) is 4.43. The van der Waals surface area contributed by atoms with Crippen molar-refractivity contribution in [3.8, 4) is 5.75 Å². The molecule has 0 aliphatic carbocycles. The minimum Gasteiger partial charge on any atom is -0.492 e. The predicted octanol–water partition coefficient (Wildman–Crippen LogP) is 2.55.